The summed E-state index contributed by atoms with van der Waals surface area (Å²) in [7, 11) is 0. The standard InChI is InChI=1S/C13H16IN3O2/c1-3-10-9(14)5-11(19-10)17-6-8-4-7(2)15-12(8)16-13(17)18/h4,6,9-11H,3,5H2,1-2H3,(H,15,16,18)/t9?,10-,11-/m1/s1. The summed E-state index contributed by atoms with van der Waals surface area (Å²) in [6.45, 7) is 4.06. The number of aromatic amines is 1. The summed E-state index contributed by atoms with van der Waals surface area (Å²) in [5.74, 6) is 0. The Hall–Kier alpha value is -0.890. The van der Waals surface area contributed by atoms with Crippen LogP contribution in [0.15, 0.2) is 17.1 Å². The van der Waals surface area contributed by atoms with Crippen LogP contribution >= 0.6 is 22.6 Å². The number of fused-ring (bicyclic) bond motifs is 1. The molecule has 5 nitrogen and oxygen atoms in total. The lowest BCUT2D eigenvalue weighted by Crippen LogP contribution is -2.26. The fourth-order valence-corrected chi connectivity index (χ4v) is 3.68. The van der Waals surface area contributed by atoms with Crippen molar-refractivity contribution in [3.8, 4) is 0 Å². The molecule has 0 saturated carbocycles. The van der Waals surface area contributed by atoms with Crippen LogP contribution < -0.4 is 5.69 Å². The fraction of sp³-hybridized carbons (Fsp3) is 0.538. The molecule has 3 rings (SSSR count). The minimum Gasteiger partial charge on any atom is -0.354 e. The summed E-state index contributed by atoms with van der Waals surface area (Å²) >= 11 is 2.40. The lowest BCUT2D eigenvalue weighted by Gasteiger charge is -2.14. The number of aromatic nitrogens is 3. The summed E-state index contributed by atoms with van der Waals surface area (Å²) < 4.78 is 8.02. The van der Waals surface area contributed by atoms with E-state index in [1.54, 1.807) is 4.57 Å². The number of halogens is 1. The lowest BCUT2D eigenvalue weighted by atomic mass is 10.2. The summed E-state index contributed by atoms with van der Waals surface area (Å²) in [4.78, 5) is 19.2. The van der Waals surface area contributed by atoms with E-state index < -0.39 is 0 Å². The first-order chi connectivity index (χ1) is 9.08. The number of nitrogens with zero attached hydrogens (tertiary/aromatic N) is 2. The Kier molecular flexibility index (Phi) is 3.38. The fourth-order valence-electron chi connectivity index (χ4n) is 2.57. The van der Waals surface area contributed by atoms with Crippen LogP contribution in [-0.2, 0) is 4.74 Å². The number of hydrogen-bond acceptors (Lipinski definition) is 3. The lowest BCUT2D eigenvalue weighted by molar-refractivity contribution is -0.000444. The first-order valence-corrected chi connectivity index (χ1v) is 7.71. The molecule has 1 aliphatic rings. The van der Waals surface area contributed by atoms with Gasteiger partial charge in [0, 0.05) is 27.6 Å². The molecule has 0 radical (unpaired) electrons. The second-order valence-electron chi connectivity index (χ2n) is 4.98. The highest BCUT2D eigenvalue weighted by atomic mass is 127. The van der Waals surface area contributed by atoms with Gasteiger partial charge < -0.3 is 9.72 Å². The van der Waals surface area contributed by atoms with Crippen LogP contribution in [0.1, 0.15) is 31.7 Å². The van der Waals surface area contributed by atoms with E-state index >= 15 is 0 Å². The maximum atomic E-state index is 12.1. The molecule has 1 unspecified atom stereocenters. The number of alkyl halides is 1. The Morgan fingerprint density at radius 1 is 1.63 bits per heavy atom. The van der Waals surface area contributed by atoms with E-state index in [0.717, 1.165) is 23.9 Å². The molecule has 2 aromatic rings. The van der Waals surface area contributed by atoms with E-state index in [4.69, 9.17) is 4.74 Å². The third-order valence-corrected chi connectivity index (χ3v) is 4.85. The molecule has 0 spiro atoms. The predicted octanol–water partition coefficient (Wildman–Crippen LogP) is 2.53. The average Bonchev–Trinajstić information content (AvgIpc) is 2.89. The van der Waals surface area contributed by atoms with Crippen LogP contribution in [0.4, 0.5) is 0 Å². The second kappa shape index (κ2) is 4.90. The van der Waals surface area contributed by atoms with Gasteiger partial charge in [-0.15, -0.1) is 0 Å². The van der Waals surface area contributed by atoms with Crippen LogP contribution in [0.25, 0.3) is 11.0 Å². The molecular formula is C13H16IN3O2. The van der Waals surface area contributed by atoms with Gasteiger partial charge in [-0.3, -0.25) is 4.57 Å². The monoisotopic (exact) mass is 373 g/mol. The van der Waals surface area contributed by atoms with Crippen LogP contribution in [0.3, 0.4) is 0 Å². The second-order valence-corrected chi connectivity index (χ2v) is 6.58. The molecule has 102 valence electrons. The zero-order valence-electron chi connectivity index (χ0n) is 10.9. The van der Waals surface area contributed by atoms with Crippen molar-refractivity contribution < 1.29 is 4.74 Å². The van der Waals surface area contributed by atoms with E-state index in [-0.39, 0.29) is 18.0 Å². The van der Waals surface area contributed by atoms with Crippen molar-refractivity contribution in [2.75, 3.05) is 0 Å². The number of aryl methyl sites for hydroxylation is 1. The molecule has 0 aromatic carbocycles. The molecule has 0 amide bonds. The van der Waals surface area contributed by atoms with Gasteiger partial charge in [0.15, 0.2) is 0 Å². The third kappa shape index (κ3) is 2.31. The van der Waals surface area contributed by atoms with Gasteiger partial charge >= 0.3 is 5.69 Å². The highest BCUT2D eigenvalue weighted by Crippen LogP contribution is 2.34. The van der Waals surface area contributed by atoms with E-state index in [1.807, 2.05) is 19.2 Å². The maximum Gasteiger partial charge on any atom is 0.351 e. The molecule has 3 heterocycles. The first-order valence-electron chi connectivity index (χ1n) is 6.46. The normalized spacial score (nSPS) is 27.2. The van der Waals surface area contributed by atoms with Crippen LogP contribution in [0, 0.1) is 6.92 Å². The van der Waals surface area contributed by atoms with Gasteiger partial charge in [-0.1, -0.05) is 29.5 Å². The molecule has 6 heteroatoms. The van der Waals surface area contributed by atoms with Crippen LogP contribution in [0.5, 0.6) is 0 Å². The molecule has 2 aromatic heterocycles. The van der Waals surface area contributed by atoms with E-state index in [0.29, 0.717) is 9.57 Å². The zero-order chi connectivity index (χ0) is 13.6. The van der Waals surface area contributed by atoms with E-state index in [2.05, 4.69) is 39.5 Å². The number of H-pyrrole nitrogens is 1. The van der Waals surface area contributed by atoms with E-state index in [1.165, 1.54) is 0 Å². The van der Waals surface area contributed by atoms with Gasteiger partial charge in [-0.25, -0.2) is 4.79 Å². The number of hydrogen-bond donors (Lipinski definition) is 1. The summed E-state index contributed by atoms with van der Waals surface area (Å²) in [6.07, 6.45) is 3.71. The SMILES string of the molecule is CC[C@H]1O[C@@H](n2cc3cc(C)[nH]c3nc2=O)CC1I. The van der Waals surface area contributed by atoms with Crippen LogP contribution in [-0.4, -0.2) is 24.6 Å². The summed E-state index contributed by atoms with van der Waals surface area (Å²) in [5.41, 5.74) is 1.40. The Morgan fingerprint density at radius 3 is 3.11 bits per heavy atom. The quantitative estimate of drug-likeness (QED) is 0.650. The topological polar surface area (TPSA) is 59.9 Å². The highest BCUT2D eigenvalue weighted by molar-refractivity contribution is 14.1. The van der Waals surface area contributed by atoms with Gasteiger partial charge in [-0.2, -0.15) is 4.98 Å². The largest absolute Gasteiger partial charge is 0.354 e. The minimum atomic E-state index is -0.250. The number of nitrogens with one attached hydrogen (secondary N) is 1. The van der Waals surface area contributed by atoms with Crippen molar-refractivity contribution in [3.05, 3.63) is 28.4 Å². The Bertz CT molecular complexity index is 663. The van der Waals surface area contributed by atoms with Gasteiger partial charge in [-0.05, 0) is 19.4 Å². The molecule has 19 heavy (non-hydrogen) atoms. The first kappa shape index (κ1) is 13.1. The van der Waals surface area contributed by atoms with Crippen LogP contribution in [0.2, 0.25) is 0 Å². The van der Waals surface area contributed by atoms with Crippen molar-refractivity contribution >= 4 is 33.6 Å². The molecule has 0 aliphatic carbocycles. The van der Waals surface area contributed by atoms with Crippen molar-refractivity contribution in [2.24, 2.45) is 0 Å². The molecule has 1 N–H and O–H groups in total. The Morgan fingerprint density at radius 2 is 2.42 bits per heavy atom. The predicted molar refractivity (Wildman–Crippen MR) is 81.7 cm³/mol. The number of rotatable bonds is 2. The average molecular weight is 373 g/mol. The van der Waals surface area contributed by atoms with Crippen molar-refractivity contribution in [1.29, 1.82) is 0 Å². The zero-order valence-corrected chi connectivity index (χ0v) is 13.0. The van der Waals surface area contributed by atoms with Crippen molar-refractivity contribution in [1.82, 2.24) is 14.5 Å². The van der Waals surface area contributed by atoms with E-state index in [9.17, 15) is 4.79 Å². The van der Waals surface area contributed by atoms with Crippen molar-refractivity contribution in [3.63, 3.8) is 0 Å². The molecular weight excluding hydrogens is 357 g/mol. The highest BCUT2D eigenvalue weighted by Gasteiger charge is 2.33. The smallest absolute Gasteiger partial charge is 0.351 e. The Balaban J connectivity index is 2.01. The number of ether oxygens (including phenoxy) is 1. The van der Waals surface area contributed by atoms with Gasteiger partial charge in [0.05, 0.1) is 6.10 Å². The van der Waals surface area contributed by atoms with Crippen molar-refractivity contribution in [2.45, 2.75) is 42.9 Å². The molecule has 1 fully saturated rings. The molecule has 3 atom stereocenters. The summed E-state index contributed by atoms with van der Waals surface area (Å²) in [6, 6.07) is 1.99. The van der Waals surface area contributed by atoms with Gasteiger partial charge in [0.1, 0.15) is 11.9 Å². The van der Waals surface area contributed by atoms with Gasteiger partial charge in [0.2, 0.25) is 0 Å². The maximum absolute atomic E-state index is 12.1. The molecule has 1 aliphatic heterocycles. The minimum absolute atomic E-state index is 0.188. The Labute approximate surface area is 124 Å². The summed E-state index contributed by atoms with van der Waals surface area (Å²) in [5, 5.41) is 0.950. The molecule has 0 bridgehead atoms. The van der Waals surface area contributed by atoms with Gasteiger partial charge in [0.25, 0.3) is 0 Å². The molecule has 1 saturated heterocycles. The third-order valence-electron chi connectivity index (χ3n) is 3.54.